The lowest BCUT2D eigenvalue weighted by molar-refractivity contribution is -0.123. The Morgan fingerprint density at radius 1 is 1.23 bits per heavy atom. The van der Waals surface area contributed by atoms with Gasteiger partial charge in [-0.05, 0) is 63.2 Å². The summed E-state index contributed by atoms with van der Waals surface area (Å²) in [4.78, 5) is 12.9. The standard InChI is InChI=1S/C18H29N3O3S2/c1-13-3-9-16(10-4-13)26(23,24)21-17(11-12-25-2)18(22)20-15-7-5-14(19)6-8-15/h3-4,9-10,14-15,17,21H,5-8,11-12,19H2,1-2H3,(H,20,22). The Hall–Kier alpha value is -1.09. The van der Waals surface area contributed by atoms with Crippen molar-refractivity contribution in [2.75, 3.05) is 12.0 Å². The number of hydrogen-bond donors (Lipinski definition) is 3. The van der Waals surface area contributed by atoms with Crippen molar-refractivity contribution in [1.29, 1.82) is 0 Å². The highest BCUT2D eigenvalue weighted by Gasteiger charge is 2.28. The van der Waals surface area contributed by atoms with Crippen LogP contribution in [0.15, 0.2) is 29.2 Å². The molecule has 26 heavy (non-hydrogen) atoms. The second-order valence-corrected chi connectivity index (χ2v) is 9.59. The zero-order valence-electron chi connectivity index (χ0n) is 15.4. The number of carbonyl (C=O) groups excluding carboxylic acids is 1. The Bertz CT molecular complexity index is 684. The van der Waals surface area contributed by atoms with E-state index in [9.17, 15) is 13.2 Å². The van der Waals surface area contributed by atoms with Gasteiger partial charge in [-0.2, -0.15) is 16.5 Å². The normalized spacial score (nSPS) is 22.0. The quantitative estimate of drug-likeness (QED) is 0.618. The van der Waals surface area contributed by atoms with Crippen LogP contribution in [-0.2, 0) is 14.8 Å². The Balaban J connectivity index is 2.05. The van der Waals surface area contributed by atoms with E-state index in [1.54, 1.807) is 36.0 Å². The number of thioether (sulfide) groups is 1. The number of amides is 1. The Kier molecular flexibility index (Phi) is 7.94. The Morgan fingerprint density at radius 2 is 1.85 bits per heavy atom. The van der Waals surface area contributed by atoms with Crippen LogP contribution in [0.5, 0.6) is 0 Å². The zero-order chi connectivity index (χ0) is 19.2. The number of carbonyl (C=O) groups is 1. The van der Waals surface area contributed by atoms with Crippen molar-refractivity contribution < 1.29 is 13.2 Å². The third-order valence-corrected chi connectivity index (χ3v) is 6.81. The summed E-state index contributed by atoms with van der Waals surface area (Å²) in [7, 11) is -3.74. The lowest BCUT2D eigenvalue weighted by Crippen LogP contribution is -2.51. The van der Waals surface area contributed by atoms with Crippen molar-refractivity contribution in [3.63, 3.8) is 0 Å². The fraction of sp³-hybridized carbons (Fsp3) is 0.611. The van der Waals surface area contributed by atoms with Crippen LogP contribution in [0.4, 0.5) is 0 Å². The number of rotatable bonds is 8. The summed E-state index contributed by atoms with van der Waals surface area (Å²) in [6.45, 7) is 1.90. The first-order chi connectivity index (χ1) is 12.3. The number of nitrogens with two attached hydrogens (primary N) is 1. The summed E-state index contributed by atoms with van der Waals surface area (Å²) in [6, 6.07) is 6.11. The first kappa shape index (κ1) is 21.2. The molecule has 6 nitrogen and oxygen atoms in total. The molecule has 146 valence electrons. The molecule has 0 bridgehead atoms. The van der Waals surface area contributed by atoms with Crippen molar-refractivity contribution in [1.82, 2.24) is 10.0 Å². The van der Waals surface area contributed by atoms with Gasteiger partial charge in [0.15, 0.2) is 0 Å². The summed E-state index contributed by atoms with van der Waals surface area (Å²) in [5.74, 6) is 0.444. The van der Waals surface area contributed by atoms with Crippen molar-refractivity contribution in [2.45, 2.75) is 62.0 Å². The Labute approximate surface area is 160 Å². The molecule has 1 atom stereocenters. The molecule has 2 rings (SSSR count). The van der Waals surface area contributed by atoms with Crippen LogP contribution in [0.25, 0.3) is 0 Å². The molecule has 1 saturated carbocycles. The number of benzene rings is 1. The van der Waals surface area contributed by atoms with Gasteiger partial charge in [0.1, 0.15) is 6.04 Å². The maximum absolute atomic E-state index is 12.7. The van der Waals surface area contributed by atoms with Crippen LogP contribution in [0.3, 0.4) is 0 Å². The van der Waals surface area contributed by atoms with Gasteiger partial charge in [0.25, 0.3) is 0 Å². The van der Waals surface area contributed by atoms with Crippen molar-refractivity contribution >= 4 is 27.7 Å². The molecule has 0 radical (unpaired) electrons. The van der Waals surface area contributed by atoms with Crippen molar-refractivity contribution in [3.05, 3.63) is 29.8 Å². The average Bonchev–Trinajstić information content (AvgIpc) is 2.61. The number of hydrogen-bond acceptors (Lipinski definition) is 5. The largest absolute Gasteiger partial charge is 0.352 e. The summed E-state index contributed by atoms with van der Waals surface area (Å²) in [5.41, 5.74) is 6.89. The summed E-state index contributed by atoms with van der Waals surface area (Å²) in [6.07, 6.45) is 5.83. The van der Waals surface area contributed by atoms with Gasteiger partial charge < -0.3 is 11.1 Å². The van der Waals surface area contributed by atoms with E-state index in [1.807, 2.05) is 13.2 Å². The van der Waals surface area contributed by atoms with Gasteiger partial charge in [0.2, 0.25) is 15.9 Å². The molecule has 0 aliphatic heterocycles. The van der Waals surface area contributed by atoms with Crippen LogP contribution in [0.2, 0.25) is 0 Å². The third kappa shape index (κ3) is 6.26. The molecular weight excluding hydrogens is 370 g/mol. The van der Waals surface area contributed by atoms with Gasteiger partial charge in [-0.25, -0.2) is 8.42 Å². The van der Waals surface area contributed by atoms with E-state index in [0.29, 0.717) is 12.2 Å². The van der Waals surface area contributed by atoms with Crippen LogP contribution < -0.4 is 15.8 Å². The maximum Gasteiger partial charge on any atom is 0.241 e. The number of aryl methyl sites for hydroxylation is 1. The molecule has 1 aromatic carbocycles. The maximum atomic E-state index is 12.7. The first-order valence-electron chi connectivity index (χ1n) is 8.95. The number of nitrogens with one attached hydrogen (secondary N) is 2. The van der Waals surface area contributed by atoms with Gasteiger partial charge in [-0.15, -0.1) is 0 Å². The van der Waals surface area contributed by atoms with E-state index in [0.717, 1.165) is 31.2 Å². The molecule has 1 aromatic rings. The lowest BCUT2D eigenvalue weighted by atomic mass is 9.91. The van der Waals surface area contributed by atoms with E-state index >= 15 is 0 Å². The first-order valence-corrected chi connectivity index (χ1v) is 11.8. The van der Waals surface area contributed by atoms with E-state index < -0.39 is 16.1 Å². The SMILES string of the molecule is CSCCC(NS(=O)(=O)c1ccc(C)cc1)C(=O)NC1CCC(N)CC1. The Morgan fingerprint density at radius 3 is 2.42 bits per heavy atom. The average molecular weight is 400 g/mol. The molecule has 0 aromatic heterocycles. The highest BCUT2D eigenvalue weighted by atomic mass is 32.2. The molecular formula is C18H29N3O3S2. The molecule has 8 heteroatoms. The molecule has 1 aliphatic carbocycles. The fourth-order valence-electron chi connectivity index (χ4n) is 3.02. The van der Waals surface area contributed by atoms with Gasteiger partial charge in [-0.1, -0.05) is 17.7 Å². The second-order valence-electron chi connectivity index (χ2n) is 6.89. The highest BCUT2D eigenvalue weighted by Crippen LogP contribution is 2.18. The smallest absolute Gasteiger partial charge is 0.241 e. The number of sulfonamides is 1. The molecule has 0 spiro atoms. The predicted molar refractivity (Wildman–Crippen MR) is 107 cm³/mol. The molecule has 1 unspecified atom stereocenters. The molecule has 1 amide bonds. The zero-order valence-corrected chi connectivity index (χ0v) is 17.0. The molecule has 1 fully saturated rings. The van der Waals surface area contributed by atoms with Gasteiger partial charge >= 0.3 is 0 Å². The molecule has 0 heterocycles. The van der Waals surface area contributed by atoms with E-state index in [1.165, 1.54) is 0 Å². The minimum Gasteiger partial charge on any atom is -0.352 e. The fourth-order valence-corrected chi connectivity index (χ4v) is 4.72. The summed E-state index contributed by atoms with van der Waals surface area (Å²) in [5, 5.41) is 3.00. The lowest BCUT2D eigenvalue weighted by Gasteiger charge is -2.28. The van der Waals surface area contributed by atoms with Crippen molar-refractivity contribution in [3.8, 4) is 0 Å². The van der Waals surface area contributed by atoms with Crippen LogP contribution in [-0.4, -0.2) is 44.5 Å². The van der Waals surface area contributed by atoms with Crippen LogP contribution in [0.1, 0.15) is 37.7 Å². The second kappa shape index (κ2) is 9.73. The highest BCUT2D eigenvalue weighted by molar-refractivity contribution is 7.98. The monoisotopic (exact) mass is 399 g/mol. The summed E-state index contributed by atoms with van der Waals surface area (Å²) < 4.78 is 27.9. The van der Waals surface area contributed by atoms with E-state index in [2.05, 4.69) is 10.0 Å². The molecule has 0 saturated heterocycles. The van der Waals surface area contributed by atoms with Crippen molar-refractivity contribution in [2.24, 2.45) is 5.73 Å². The predicted octanol–water partition coefficient (Wildman–Crippen LogP) is 1.78. The minimum absolute atomic E-state index is 0.0722. The molecule has 1 aliphatic rings. The topological polar surface area (TPSA) is 101 Å². The van der Waals surface area contributed by atoms with E-state index in [-0.39, 0.29) is 22.9 Å². The molecule has 4 N–H and O–H groups in total. The van der Waals surface area contributed by atoms with E-state index in [4.69, 9.17) is 5.73 Å². The van der Waals surface area contributed by atoms with Crippen LogP contribution >= 0.6 is 11.8 Å². The minimum atomic E-state index is -3.74. The van der Waals surface area contributed by atoms with Crippen LogP contribution in [0, 0.1) is 6.92 Å². The van der Waals surface area contributed by atoms with Gasteiger partial charge in [0, 0.05) is 12.1 Å². The van der Waals surface area contributed by atoms with Gasteiger partial charge in [-0.3, -0.25) is 4.79 Å². The van der Waals surface area contributed by atoms with Gasteiger partial charge in [0.05, 0.1) is 4.90 Å². The summed E-state index contributed by atoms with van der Waals surface area (Å²) >= 11 is 1.59. The third-order valence-electron chi connectivity index (χ3n) is 4.67.